The van der Waals surface area contributed by atoms with Gasteiger partial charge in [0.1, 0.15) is 18.3 Å². The molecule has 0 aliphatic carbocycles. The molecule has 0 heterocycles. The van der Waals surface area contributed by atoms with E-state index < -0.39 is 28.5 Å². The summed E-state index contributed by atoms with van der Waals surface area (Å²) in [5.74, 6) is -0.326. The fourth-order valence-corrected chi connectivity index (χ4v) is 5.82. The van der Waals surface area contributed by atoms with Crippen LogP contribution in [0.15, 0.2) is 77.7 Å². The second-order valence-corrected chi connectivity index (χ2v) is 11.6. The summed E-state index contributed by atoms with van der Waals surface area (Å²) in [6, 6.07) is 19.1. The van der Waals surface area contributed by atoms with Crippen molar-refractivity contribution in [3.8, 4) is 5.75 Å². The Kier molecular flexibility index (Phi) is 11.0. The molecule has 0 saturated carbocycles. The molecule has 0 aromatic heterocycles. The standard InChI is InChI=1S/C30H36ClN3O5S/c1-5-19-32-30(36)28(6-2)33(20-23-9-7-8-10-27(23)31)29(35)21-34(24-13-11-22(3)12-14-24)40(37,38)26-17-15-25(39-4)16-18-26/h7-18,28H,5-6,19-21H2,1-4H3,(H,32,36)/t28-/m1/s1. The molecule has 0 saturated heterocycles. The number of hydrogen-bond donors (Lipinski definition) is 1. The van der Waals surface area contributed by atoms with Gasteiger partial charge in [-0.05, 0) is 67.8 Å². The molecular weight excluding hydrogens is 550 g/mol. The van der Waals surface area contributed by atoms with E-state index in [4.69, 9.17) is 16.3 Å². The molecule has 0 spiro atoms. The van der Waals surface area contributed by atoms with Gasteiger partial charge in [0.05, 0.1) is 17.7 Å². The Morgan fingerprint density at radius 3 is 2.20 bits per heavy atom. The van der Waals surface area contributed by atoms with E-state index in [1.54, 1.807) is 60.7 Å². The lowest BCUT2D eigenvalue weighted by molar-refractivity contribution is -0.140. The minimum absolute atomic E-state index is 0.00654. The van der Waals surface area contributed by atoms with Crippen molar-refractivity contribution >= 4 is 39.1 Å². The van der Waals surface area contributed by atoms with Crippen LogP contribution in [-0.4, -0.2) is 51.4 Å². The number of amides is 2. The fraction of sp³-hybridized carbons (Fsp3) is 0.333. The van der Waals surface area contributed by atoms with Gasteiger partial charge in [-0.1, -0.05) is 61.3 Å². The summed E-state index contributed by atoms with van der Waals surface area (Å²) in [5.41, 5.74) is 1.92. The molecule has 0 unspecified atom stereocenters. The zero-order valence-electron chi connectivity index (χ0n) is 23.3. The van der Waals surface area contributed by atoms with Gasteiger partial charge in [0.25, 0.3) is 10.0 Å². The summed E-state index contributed by atoms with van der Waals surface area (Å²) in [6.07, 6.45) is 1.07. The van der Waals surface area contributed by atoms with E-state index in [9.17, 15) is 18.0 Å². The Bertz CT molecular complexity index is 1400. The molecule has 214 valence electrons. The van der Waals surface area contributed by atoms with E-state index >= 15 is 0 Å². The van der Waals surface area contributed by atoms with Gasteiger partial charge in [0.2, 0.25) is 11.8 Å². The molecule has 0 bridgehead atoms. The van der Waals surface area contributed by atoms with Gasteiger partial charge in [-0.3, -0.25) is 13.9 Å². The summed E-state index contributed by atoms with van der Waals surface area (Å²) in [6.45, 7) is 5.64. The average molecular weight is 586 g/mol. The Hall–Kier alpha value is -3.56. The number of hydrogen-bond acceptors (Lipinski definition) is 5. The maximum Gasteiger partial charge on any atom is 0.264 e. The number of carbonyl (C=O) groups excluding carboxylic acids is 2. The highest BCUT2D eigenvalue weighted by molar-refractivity contribution is 7.92. The van der Waals surface area contributed by atoms with Crippen molar-refractivity contribution in [1.29, 1.82) is 0 Å². The predicted molar refractivity (Wildman–Crippen MR) is 158 cm³/mol. The maximum atomic E-state index is 14.0. The second kappa shape index (κ2) is 14.2. The Morgan fingerprint density at radius 2 is 1.62 bits per heavy atom. The Balaban J connectivity index is 2.05. The zero-order valence-corrected chi connectivity index (χ0v) is 24.8. The number of nitrogens with one attached hydrogen (secondary N) is 1. The van der Waals surface area contributed by atoms with Crippen molar-refractivity contribution in [3.63, 3.8) is 0 Å². The monoisotopic (exact) mass is 585 g/mol. The van der Waals surface area contributed by atoms with Crippen LogP contribution in [0.1, 0.15) is 37.8 Å². The smallest absolute Gasteiger partial charge is 0.264 e. The number of rotatable bonds is 13. The second-order valence-electron chi connectivity index (χ2n) is 9.35. The molecule has 40 heavy (non-hydrogen) atoms. The highest BCUT2D eigenvalue weighted by Gasteiger charge is 2.33. The van der Waals surface area contributed by atoms with Gasteiger partial charge in [-0.2, -0.15) is 0 Å². The van der Waals surface area contributed by atoms with Crippen molar-refractivity contribution in [3.05, 3.63) is 88.9 Å². The van der Waals surface area contributed by atoms with E-state index in [0.717, 1.165) is 16.3 Å². The Labute approximate surface area is 241 Å². The number of halogens is 1. The summed E-state index contributed by atoms with van der Waals surface area (Å²) < 4.78 is 34.1. The number of methoxy groups -OCH3 is 1. The summed E-state index contributed by atoms with van der Waals surface area (Å²) in [5, 5.41) is 3.32. The number of benzene rings is 3. The van der Waals surface area contributed by atoms with Crippen LogP contribution in [0.3, 0.4) is 0 Å². The number of aryl methyl sites for hydroxylation is 1. The van der Waals surface area contributed by atoms with Crippen LogP contribution >= 0.6 is 11.6 Å². The molecular formula is C30H36ClN3O5S. The predicted octanol–water partition coefficient (Wildman–Crippen LogP) is 5.19. The van der Waals surface area contributed by atoms with E-state index in [-0.39, 0.29) is 17.3 Å². The molecule has 2 amide bonds. The van der Waals surface area contributed by atoms with Gasteiger partial charge < -0.3 is 15.0 Å². The lowest BCUT2D eigenvalue weighted by Crippen LogP contribution is -2.52. The molecule has 10 heteroatoms. The van der Waals surface area contributed by atoms with Crippen molar-refractivity contribution in [2.75, 3.05) is 24.5 Å². The molecule has 0 aliphatic rings. The minimum Gasteiger partial charge on any atom is -0.497 e. The Morgan fingerprint density at radius 1 is 0.975 bits per heavy atom. The number of anilines is 1. The van der Waals surface area contributed by atoms with Gasteiger partial charge in [0.15, 0.2) is 0 Å². The first-order valence-corrected chi connectivity index (χ1v) is 15.0. The van der Waals surface area contributed by atoms with Crippen LogP contribution < -0.4 is 14.4 Å². The molecule has 1 atom stereocenters. The topological polar surface area (TPSA) is 96.0 Å². The van der Waals surface area contributed by atoms with Gasteiger partial charge in [-0.25, -0.2) is 8.42 Å². The van der Waals surface area contributed by atoms with Gasteiger partial charge in [0, 0.05) is 18.1 Å². The van der Waals surface area contributed by atoms with Crippen molar-refractivity contribution in [1.82, 2.24) is 10.2 Å². The fourth-order valence-electron chi connectivity index (χ4n) is 4.21. The lowest BCUT2D eigenvalue weighted by Gasteiger charge is -2.33. The van der Waals surface area contributed by atoms with Crippen LogP contribution in [0.5, 0.6) is 5.75 Å². The van der Waals surface area contributed by atoms with Crippen molar-refractivity contribution < 1.29 is 22.7 Å². The van der Waals surface area contributed by atoms with Crippen LogP contribution in [0.2, 0.25) is 5.02 Å². The molecule has 0 fully saturated rings. The van der Waals surface area contributed by atoms with Crippen LogP contribution in [0, 0.1) is 6.92 Å². The summed E-state index contributed by atoms with van der Waals surface area (Å²) >= 11 is 6.42. The number of ether oxygens (including phenoxy) is 1. The van der Waals surface area contributed by atoms with Crippen LogP contribution in [0.4, 0.5) is 5.69 Å². The third kappa shape index (κ3) is 7.55. The highest BCUT2D eigenvalue weighted by Crippen LogP contribution is 2.27. The van der Waals surface area contributed by atoms with Gasteiger partial charge in [-0.15, -0.1) is 0 Å². The van der Waals surface area contributed by atoms with E-state index in [2.05, 4.69) is 5.32 Å². The van der Waals surface area contributed by atoms with Crippen molar-refractivity contribution in [2.45, 2.75) is 51.1 Å². The molecule has 0 aliphatic heterocycles. The van der Waals surface area contributed by atoms with E-state index in [1.807, 2.05) is 20.8 Å². The van der Waals surface area contributed by atoms with Crippen molar-refractivity contribution in [2.24, 2.45) is 0 Å². The van der Waals surface area contributed by atoms with Crippen LogP contribution in [-0.2, 0) is 26.2 Å². The zero-order chi connectivity index (χ0) is 29.3. The third-order valence-electron chi connectivity index (χ3n) is 6.48. The normalized spacial score (nSPS) is 11.9. The molecule has 1 N–H and O–H groups in total. The minimum atomic E-state index is -4.16. The highest BCUT2D eigenvalue weighted by atomic mass is 35.5. The lowest BCUT2D eigenvalue weighted by atomic mass is 10.1. The maximum absolute atomic E-state index is 14.0. The van der Waals surface area contributed by atoms with E-state index in [1.165, 1.54) is 24.1 Å². The molecule has 3 aromatic rings. The van der Waals surface area contributed by atoms with E-state index in [0.29, 0.717) is 35.0 Å². The van der Waals surface area contributed by atoms with Gasteiger partial charge >= 0.3 is 0 Å². The summed E-state index contributed by atoms with van der Waals surface area (Å²) in [7, 11) is -2.67. The average Bonchev–Trinajstić information content (AvgIpc) is 2.96. The summed E-state index contributed by atoms with van der Waals surface area (Å²) in [4.78, 5) is 28.6. The molecule has 0 radical (unpaired) electrons. The number of sulfonamides is 1. The number of carbonyl (C=O) groups is 2. The third-order valence-corrected chi connectivity index (χ3v) is 8.64. The quantitative estimate of drug-likeness (QED) is 0.298. The molecule has 8 nitrogen and oxygen atoms in total. The first-order valence-electron chi connectivity index (χ1n) is 13.2. The first-order chi connectivity index (χ1) is 19.1. The molecule has 3 rings (SSSR count). The first kappa shape index (κ1) is 31.0. The largest absolute Gasteiger partial charge is 0.497 e. The number of nitrogens with zero attached hydrogens (tertiary/aromatic N) is 2. The molecule has 3 aromatic carbocycles. The van der Waals surface area contributed by atoms with Crippen LogP contribution in [0.25, 0.3) is 0 Å². The SMILES string of the molecule is CCCNC(=O)[C@@H](CC)N(Cc1ccccc1Cl)C(=O)CN(c1ccc(C)cc1)S(=O)(=O)c1ccc(OC)cc1.